The summed E-state index contributed by atoms with van der Waals surface area (Å²) in [6.07, 6.45) is 3.68. The average Bonchev–Trinajstić information content (AvgIpc) is 2.94. The molecule has 84 valence electrons. The molecule has 17 heavy (non-hydrogen) atoms. The molecule has 1 aliphatic rings. The van der Waals surface area contributed by atoms with Crippen LogP contribution in [0.3, 0.4) is 0 Å². The Bertz CT molecular complexity index is 534. The predicted molar refractivity (Wildman–Crippen MR) is 69.4 cm³/mol. The van der Waals surface area contributed by atoms with Gasteiger partial charge in [-0.25, -0.2) is 0 Å². The maximum Gasteiger partial charge on any atom is 0.164 e. The molecule has 3 rings (SSSR count). The van der Waals surface area contributed by atoms with Gasteiger partial charge in [-0.15, -0.1) is 0 Å². The highest BCUT2D eigenvalue weighted by atomic mass is 16.5. The first-order chi connectivity index (χ1) is 8.45. The smallest absolute Gasteiger partial charge is 0.164 e. The zero-order chi connectivity index (χ0) is 11.5. The van der Waals surface area contributed by atoms with Crippen LogP contribution in [0, 0.1) is 0 Å². The minimum absolute atomic E-state index is 0.587. The van der Waals surface area contributed by atoms with Crippen molar-refractivity contribution in [1.82, 2.24) is 0 Å². The van der Waals surface area contributed by atoms with E-state index in [9.17, 15) is 0 Å². The van der Waals surface area contributed by atoms with Gasteiger partial charge >= 0.3 is 0 Å². The molecule has 2 heteroatoms. The van der Waals surface area contributed by atoms with Gasteiger partial charge in [-0.05, 0) is 11.6 Å². The van der Waals surface area contributed by atoms with Crippen LogP contribution < -0.4 is 4.90 Å². The minimum Gasteiger partial charge on any atom is -0.479 e. The molecular formula is C15H13NO. The van der Waals surface area contributed by atoms with Crippen LogP contribution in [0.1, 0.15) is 0 Å². The summed E-state index contributed by atoms with van der Waals surface area (Å²) < 4.78 is 5.25. The fraction of sp³-hybridized carbons (Fsp3) is 0.0667. The van der Waals surface area contributed by atoms with E-state index in [0.717, 1.165) is 0 Å². The van der Waals surface area contributed by atoms with Gasteiger partial charge in [0.2, 0.25) is 0 Å². The van der Waals surface area contributed by atoms with Gasteiger partial charge in [0.15, 0.2) is 6.73 Å². The van der Waals surface area contributed by atoms with Gasteiger partial charge in [-0.2, -0.15) is 0 Å². The van der Waals surface area contributed by atoms with Crippen molar-refractivity contribution < 1.29 is 4.74 Å². The van der Waals surface area contributed by atoms with Gasteiger partial charge in [-0.3, -0.25) is 0 Å². The summed E-state index contributed by atoms with van der Waals surface area (Å²) in [4.78, 5) is 2.10. The molecule has 2 aromatic rings. The number of hydrogen-bond acceptors (Lipinski definition) is 2. The van der Waals surface area contributed by atoms with Crippen molar-refractivity contribution in [3.8, 4) is 11.1 Å². The van der Waals surface area contributed by atoms with E-state index in [1.807, 2.05) is 18.3 Å². The highest BCUT2D eigenvalue weighted by Gasteiger charge is 2.12. The van der Waals surface area contributed by atoms with E-state index in [-0.39, 0.29) is 0 Å². The summed E-state index contributed by atoms with van der Waals surface area (Å²) in [5.41, 5.74) is 3.62. The third kappa shape index (κ3) is 1.89. The third-order valence-electron chi connectivity index (χ3n) is 2.85. The SMILES string of the molecule is C1=CN(c2ccccc2-c2ccccc2)CO1. The van der Waals surface area contributed by atoms with Crippen molar-refractivity contribution in [1.29, 1.82) is 0 Å². The predicted octanol–water partition coefficient (Wildman–Crippen LogP) is 3.62. The molecule has 1 aliphatic heterocycles. The van der Waals surface area contributed by atoms with Crippen LogP contribution in [0.4, 0.5) is 5.69 Å². The fourth-order valence-electron chi connectivity index (χ4n) is 2.02. The van der Waals surface area contributed by atoms with Gasteiger partial charge in [0, 0.05) is 11.8 Å². The number of ether oxygens (including phenoxy) is 1. The maximum absolute atomic E-state index is 5.25. The van der Waals surface area contributed by atoms with Crippen molar-refractivity contribution in [3.63, 3.8) is 0 Å². The zero-order valence-corrected chi connectivity index (χ0v) is 9.41. The summed E-state index contributed by atoms with van der Waals surface area (Å²) >= 11 is 0. The quantitative estimate of drug-likeness (QED) is 0.771. The van der Waals surface area contributed by atoms with Crippen LogP contribution in [-0.2, 0) is 4.74 Å². The van der Waals surface area contributed by atoms with Gasteiger partial charge in [-0.1, -0.05) is 48.5 Å². The molecular weight excluding hydrogens is 210 g/mol. The van der Waals surface area contributed by atoms with Gasteiger partial charge < -0.3 is 9.64 Å². The van der Waals surface area contributed by atoms with E-state index in [1.54, 1.807) is 6.26 Å². The molecule has 0 radical (unpaired) electrons. The van der Waals surface area contributed by atoms with E-state index >= 15 is 0 Å². The normalized spacial score (nSPS) is 13.8. The van der Waals surface area contributed by atoms with Gasteiger partial charge in [0.25, 0.3) is 0 Å². The first kappa shape index (κ1) is 9.97. The Labute approximate surface area is 101 Å². The third-order valence-corrected chi connectivity index (χ3v) is 2.85. The lowest BCUT2D eigenvalue weighted by molar-refractivity contribution is 0.282. The molecule has 0 bridgehead atoms. The first-order valence-electron chi connectivity index (χ1n) is 5.64. The highest BCUT2D eigenvalue weighted by Crippen LogP contribution is 2.31. The molecule has 0 amide bonds. The van der Waals surface area contributed by atoms with Crippen LogP contribution in [0.15, 0.2) is 67.1 Å². The topological polar surface area (TPSA) is 12.5 Å². The van der Waals surface area contributed by atoms with E-state index in [0.29, 0.717) is 6.73 Å². The van der Waals surface area contributed by atoms with Crippen molar-refractivity contribution in [2.24, 2.45) is 0 Å². The molecule has 0 spiro atoms. The number of nitrogens with zero attached hydrogens (tertiary/aromatic N) is 1. The average molecular weight is 223 g/mol. The van der Waals surface area contributed by atoms with E-state index in [2.05, 4.69) is 47.4 Å². The largest absolute Gasteiger partial charge is 0.479 e. The van der Waals surface area contributed by atoms with Crippen LogP contribution in [-0.4, -0.2) is 6.73 Å². The lowest BCUT2D eigenvalue weighted by Crippen LogP contribution is -2.13. The van der Waals surface area contributed by atoms with Crippen LogP contribution in [0.2, 0.25) is 0 Å². The van der Waals surface area contributed by atoms with Crippen molar-refractivity contribution in [2.45, 2.75) is 0 Å². The number of para-hydroxylation sites is 1. The number of hydrogen-bond donors (Lipinski definition) is 0. The van der Waals surface area contributed by atoms with Crippen molar-refractivity contribution >= 4 is 5.69 Å². The number of anilines is 1. The fourth-order valence-corrected chi connectivity index (χ4v) is 2.02. The molecule has 0 unspecified atom stereocenters. The second-order valence-corrected chi connectivity index (χ2v) is 3.93. The van der Waals surface area contributed by atoms with E-state index < -0.39 is 0 Å². The first-order valence-corrected chi connectivity index (χ1v) is 5.64. The molecule has 2 nitrogen and oxygen atoms in total. The summed E-state index contributed by atoms with van der Waals surface area (Å²) in [6.45, 7) is 0.587. The lowest BCUT2D eigenvalue weighted by atomic mass is 10.0. The Morgan fingerprint density at radius 2 is 1.65 bits per heavy atom. The maximum atomic E-state index is 5.25. The molecule has 0 aromatic heterocycles. The summed E-state index contributed by atoms with van der Waals surface area (Å²) in [6, 6.07) is 18.8. The Morgan fingerprint density at radius 3 is 2.41 bits per heavy atom. The summed E-state index contributed by atoms with van der Waals surface area (Å²) in [5, 5.41) is 0. The Balaban J connectivity index is 2.08. The minimum atomic E-state index is 0.587. The standard InChI is InChI=1S/C15H13NO/c1-2-6-13(7-3-1)14-8-4-5-9-15(14)16-10-11-17-12-16/h1-11H,12H2. The van der Waals surface area contributed by atoms with Crippen molar-refractivity contribution in [2.75, 3.05) is 11.6 Å². The molecule has 0 atom stereocenters. The monoisotopic (exact) mass is 223 g/mol. The van der Waals surface area contributed by atoms with E-state index in [4.69, 9.17) is 4.74 Å². The molecule has 2 aromatic carbocycles. The van der Waals surface area contributed by atoms with Gasteiger partial charge in [0.05, 0.1) is 5.69 Å². The number of benzene rings is 2. The zero-order valence-electron chi connectivity index (χ0n) is 9.41. The Hall–Kier alpha value is -2.22. The summed E-state index contributed by atoms with van der Waals surface area (Å²) in [7, 11) is 0. The Morgan fingerprint density at radius 1 is 0.882 bits per heavy atom. The highest BCUT2D eigenvalue weighted by molar-refractivity contribution is 5.79. The second-order valence-electron chi connectivity index (χ2n) is 3.93. The van der Waals surface area contributed by atoms with Crippen LogP contribution in [0.5, 0.6) is 0 Å². The lowest BCUT2D eigenvalue weighted by Gasteiger charge is -2.18. The Kier molecular flexibility index (Phi) is 2.54. The molecule has 0 aliphatic carbocycles. The molecule has 0 N–H and O–H groups in total. The van der Waals surface area contributed by atoms with Crippen LogP contribution in [0.25, 0.3) is 11.1 Å². The molecule has 0 fully saturated rings. The summed E-state index contributed by atoms with van der Waals surface area (Å²) in [5.74, 6) is 0. The van der Waals surface area contributed by atoms with Gasteiger partial charge in [0.1, 0.15) is 6.26 Å². The molecule has 1 heterocycles. The van der Waals surface area contributed by atoms with Crippen LogP contribution >= 0.6 is 0 Å². The van der Waals surface area contributed by atoms with E-state index in [1.165, 1.54) is 16.8 Å². The number of rotatable bonds is 2. The molecule has 0 saturated carbocycles. The van der Waals surface area contributed by atoms with Crippen molar-refractivity contribution in [3.05, 3.63) is 67.1 Å². The second kappa shape index (κ2) is 4.34. The molecule has 0 saturated heterocycles.